The average molecular weight is 198 g/mol. The van der Waals surface area contributed by atoms with Crippen LogP contribution < -0.4 is 0 Å². The van der Waals surface area contributed by atoms with Crippen molar-refractivity contribution in [3.8, 4) is 0 Å². The minimum atomic E-state index is -0.716. The largest absolute Gasteiger partial charge is 0.388 e. The van der Waals surface area contributed by atoms with Crippen molar-refractivity contribution in [3.05, 3.63) is 34.9 Å². The molecule has 3 heteroatoms. The second kappa shape index (κ2) is 3.31. The lowest BCUT2D eigenvalue weighted by atomic mass is 9.82. The third kappa shape index (κ3) is 1.42. The van der Waals surface area contributed by atoms with Crippen molar-refractivity contribution in [3.63, 3.8) is 0 Å². The first kappa shape index (κ1) is 9.59. The molecule has 1 aromatic carbocycles. The molecule has 1 aromatic rings. The summed E-state index contributed by atoms with van der Waals surface area (Å²) < 4.78 is 26.3. The molecule has 0 fully saturated rings. The quantitative estimate of drug-likeness (QED) is 0.679. The van der Waals surface area contributed by atoms with Crippen LogP contribution in [0.4, 0.5) is 8.78 Å². The molecule has 2 atom stereocenters. The zero-order chi connectivity index (χ0) is 10.3. The average Bonchev–Trinajstić information content (AvgIpc) is 2.10. The molecule has 0 bridgehead atoms. The summed E-state index contributed by atoms with van der Waals surface area (Å²) in [6, 6.07) is 2.12. The summed E-state index contributed by atoms with van der Waals surface area (Å²) >= 11 is 0. The summed E-state index contributed by atoms with van der Waals surface area (Å²) in [6.07, 6.45) is 0.611. The van der Waals surface area contributed by atoms with Gasteiger partial charge >= 0.3 is 0 Å². The first-order valence-corrected chi connectivity index (χ1v) is 4.76. The number of hydrogen-bond donors (Lipinski definition) is 1. The summed E-state index contributed by atoms with van der Waals surface area (Å²) in [5.41, 5.74) is 0.895. The van der Waals surface area contributed by atoms with Gasteiger partial charge in [-0.3, -0.25) is 0 Å². The Morgan fingerprint density at radius 1 is 1.29 bits per heavy atom. The van der Waals surface area contributed by atoms with Crippen LogP contribution in [0.25, 0.3) is 0 Å². The van der Waals surface area contributed by atoms with Crippen LogP contribution in [0.1, 0.15) is 42.9 Å². The highest BCUT2D eigenvalue weighted by molar-refractivity contribution is 5.35. The molecule has 0 saturated heterocycles. The highest BCUT2D eigenvalue weighted by Gasteiger charge is 2.26. The van der Waals surface area contributed by atoms with E-state index in [9.17, 15) is 13.9 Å². The van der Waals surface area contributed by atoms with Crippen molar-refractivity contribution < 1.29 is 13.9 Å². The van der Waals surface area contributed by atoms with E-state index in [0.29, 0.717) is 17.5 Å². The number of hydrogen-bond acceptors (Lipinski definition) is 1. The normalized spacial score (nSPS) is 26.0. The van der Waals surface area contributed by atoms with Crippen molar-refractivity contribution in [2.75, 3.05) is 0 Å². The predicted octanol–water partition coefficient (Wildman–Crippen LogP) is 2.90. The van der Waals surface area contributed by atoms with E-state index in [4.69, 9.17) is 0 Å². The molecular weight excluding hydrogens is 186 g/mol. The first-order valence-electron chi connectivity index (χ1n) is 4.76. The van der Waals surface area contributed by atoms with Crippen LogP contribution in [0, 0.1) is 11.6 Å². The van der Waals surface area contributed by atoms with Crippen molar-refractivity contribution in [1.82, 2.24) is 0 Å². The third-order valence-electron chi connectivity index (χ3n) is 2.85. The van der Waals surface area contributed by atoms with E-state index in [1.54, 1.807) is 0 Å². The van der Waals surface area contributed by atoms with Gasteiger partial charge in [0.15, 0.2) is 0 Å². The van der Waals surface area contributed by atoms with E-state index in [1.807, 2.05) is 6.92 Å². The summed E-state index contributed by atoms with van der Waals surface area (Å²) in [4.78, 5) is 0. The van der Waals surface area contributed by atoms with Crippen molar-refractivity contribution >= 4 is 0 Å². The van der Waals surface area contributed by atoms with E-state index in [-0.39, 0.29) is 5.92 Å². The van der Waals surface area contributed by atoms with Crippen LogP contribution in [-0.4, -0.2) is 5.11 Å². The van der Waals surface area contributed by atoms with Gasteiger partial charge in [0.05, 0.1) is 6.10 Å². The maximum atomic E-state index is 13.4. The molecule has 1 aliphatic carbocycles. The highest BCUT2D eigenvalue weighted by Crippen LogP contribution is 2.38. The fourth-order valence-corrected chi connectivity index (χ4v) is 2.11. The SMILES string of the molecule is CC1CC[C@@H](O)c2cc(F)cc(F)c21. The Morgan fingerprint density at radius 2 is 2.00 bits per heavy atom. The fourth-order valence-electron chi connectivity index (χ4n) is 2.11. The molecule has 76 valence electrons. The molecule has 2 rings (SSSR count). The van der Waals surface area contributed by atoms with Crippen LogP contribution >= 0.6 is 0 Å². The minimum absolute atomic E-state index is 0.0639. The standard InChI is InChI=1S/C11H12F2O/c1-6-2-3-10(14)8-4-7(12)5-9(13)11(6)8/h4-6,10,14H,2-3H2,1H3/t6?,10-/m1/s1. The van der Waals surface area contributed by atoms with Crippen molar-refractivity contribution in [2.45, 2.75) is 31.8 Å². The van der Waals surface area contributed by atoms with Crippen LogP contribution in [0.2, 0.25) is 0 Å². The lowest BCUT2D eigenvalue weighted by molar-refractivity contribution is 0.150. The zero-order valence-electron chi connectivity index (χ0n) is 7.93. The zero-order valence-corrected chi connectivity index (χ0v) is 7.93. The van der Waals surface area contributed by atoms with Gasteiger partial charge in [0.1, 0.15) is 11.6 Å². The van der Waals surface area contributed by atoms with E-state index in [1.165, 1.54) is 6.07 Å². The maximum Gasteiger partial charge on any atom is 0.129 e. The van der Waals surface area contributed by atoms with Gasteiger partial charge in [0.25, 0.3) is 0 Å². The topological polar surface area (TPSA) is 20.2 Å². The number of benzene rings is 1. The maximum absolute atomic E-state index is 13.4. The summed E-state index contributed by atoms with van der Waals surface area (Å²) in [7, 11) is 0. The Morgan fingerprint density at radius 3 is 2.71 bits per heavy atom. The van der Waals surface area contributed by atoms with E-state index in [0.717, 1.165) is 12.5 Å². The molecule has 1 unspecified atom stereocenters. The van der Waals surface area contributed by atoms with Gasteiger partial charge in [-0.15, -0.1) is 0 Å². The molecule has 1 N–H and O–H groups in total. The monoisotopic (exact) mass is 198 g/mol. The van der Waals surface area contributed by atoms with Gasteiger partial charge in [-0.2, -0.15) is 0 Å². The van der Waals surface area contributed by atoms with E-state index >= 15 is 0 Å². The van der Waals surface area contributed by atoms with Crippen LogP contribution in [0.5, 0.6) is 0 Å². The lowest BCUT2D eigenvalue weighted by Crippen LogP contribution is -2.14. The Kier molecular flexibility index (Phi) is 2.27. The summed E-state index contributed by atoms with van der Waals surface area (Å²) in [6.45, 7) is 1.89. The van der Waals surface area contributed by atoms with Gasteiger partial charge in [0, 0.05) is 6.07 Å². The molecule has 14 heavy (non-hydrogen) atoms. The predicted molar refractivity (Wildman–Crippen MR) is 49.0 cm³/mol. The minimum Gasteiger partial charge on any atom is -0.388 e. The van der Waals surface area contributed by atoms with Crippen LogP contribution in [0.3, 0.4) is 0 Å². The molecule has 0 aromatic heterocycles. The molecule has 0 saturated carbocycles. The van der Waals surface area contributed by atoms with Crippen LogP contribution in [0.15, 0.2) is 12.1 Å². The Labute approximate surface area is 81.4 Å². The smallest absolute Gasteiger partial charge is 0.129 e. The molecular formula is C11H12F2O. The van der Waals surface area contributed by atoms with E-state index in [2.05, 4.69) is 0 Å². The van der Waals surface area contributed by atoms with Crippen molar-refractivity contribution in [2.24, 2.45) is 0 Å². The lowest BCUT2D eigenvalue weighted by Gasteiger charge is -2.26. The molecule has 0 spiro atoms. The van der Waals surface area contributed by atoms with Gasteiger partial charge in [-0.05, 0) is 36.0 Å². The first-order chi connectivity index (χ1) is 6.59. The van der Waals surface area contributed by atoms with Gasteiger partial charge in [-0.1, -0.05) is 6.92 Å². The molecule has 0 amide bonds. The summed E-state index contributed by atoms with van der Waals surface area (Å²) in [5, 5.41) is 9.59. The molecule has 0 radical (unpaired) electrons. The van der Waals surface area contributed by atoms with Gasteiger partial charge in [-0.25, -0.2) is 8.78 Å². The molecule has 0 heterocycles. The van der Waals surface area contributed by atoms with E-state index < -0.39 is 17.7 Å². The van der Waals surface area contributed by atoms with Crippen molar-refractivity contribution in [1.29, 1.82) is 0 Å². The fraction of sp³-hybridized carbons (Fsp3) is 0.455. The highest BCUT2D eigenvalue weighted by atomic mass is 19.1. The second-order valence-corrected chi connectivity index (χ2v) is 3.88. The number of halogens is 2. The Balaban J connectivity index is 2.60. The molecule has 0 aliphatic heterocycles. The number of rotatable bonds is 0. The molecule has 1 nitrogen and oxygen atoms in total. The third-order valence-corrected chi connectivity index (χ3v) is 2.85. The number of aliphatic hydroxyl groups is 1. The van der Waals surface area contributed by atoms with Crippen LogP contribution in [-0.2, 0) is 0 Å². The Hall–Kier alpha value is -0.960. The van der Waals surface area contributed by atoms with Gasteiger partial charge in [0.2, 0.25) is 0 Å². The number of aliphatic hydroxyl groups excluding tert-OH is 1. The number of fused-ring (bicyclic) bond motifs is 1. The Bertz CT molecular complexity index is 363. The second-order valence-electron chi connectivity index (χ2n) is 3.88. The molecule has 1 aliphatic rings. The summed E-state index contributed by atoms with van der Waals surface area (Å²) in [5.74, 6) is -1.09. The van der Waals surface area contributed by atoms with Gasteiger partial charge < -0.3 is 5.11 Å².